The molecule has 156 valence electrons. The maximum atomic E-state index is 12.3. The van der Waals surface area contributed by atoms with Gasteiger partial charge in [-0.1, -0.05) is 40.8 Å². The van der Waals surface area contributed by atoms with Crippen LogP contribution in [0.3, 0.4) is 0 Å². The van der Waals surface area contributed by atoms with Gasteiger partial charge in [0.15, 0.2) is 10.1 Å². The normalized spacial score (nSPS) is 10.5. The van der Waals surface area contributed by atoms with E-state index < -0.39 is 4.92 Å². The lowest BCUT2D eigenvalue weighted by Crippen LogP contribution is -2.15. The lowest BCUT2D eigenvalue weighted by atomic mass is 10.1. The SMILES string of the molecule is COc1cc(NC(=O)CSc2nnc(Nc3ccc(C)cc3)s2)c(C)cc1[N+](=O)[O-]. The number of nitrogens with one attached hydrogen (secondary N) is 2. The van der Waals surface area contributed by atoms with Crippen LogP contribution in [0.15, 0.2) is 40.7 Å². The third kappa shape index (κ3) is 5.45. The summed E-state index contributed by atoms with van der Waals surface area (Å²) in [6.45, 7) is 3.70. The molecule has 0 bridgehead atoms. The standard InChI is InChI=1S/C19H19N5O4S2/c1-11-4-6-13(7-5-11)20-18-22-23-19(30-18)29-10-17(25)21-14-9-16(28-3)15(24(26)27)8-12(14)2/h4-9H,10H2,1-3H3,(H,20,22)(H,21,25). The Balaban J connectivity index is 1.58. The lowest BCUT2D eigenvalue weighted by molar-refractivity contribution is -0.385. The van der Waals surface area contributed by atoms with Gasteiger partial charge in [0, 0.05) is 23.5 Å². The van der Waals surface area contributed by atoms with Crippen LogP contribution in [0.25, 0.3) is 0 Å². The van der Waals surface area contributed by atoms with E-state index in [2.05, 4.69) is 20.8 Å². The number of benzene rings is 2. The van der Waals surface area contributed by atoms with Crippen LogP contribution in [0, 0.1) is 24.0 Å². The van der Waals surface area contributed by atoms with E-state index in [0.29, 0.717) is 20.7 Å². The number of aromatic nitrogens is 2. The predicted molar refractivity (Wildman–Crippen MR) is 118 cm³/mol. The molecule has 0 aliphatic heterocycles. The Labute approximate surface area is 181 Å². The summed E-state index contributed by atoms with van der Waals surface area (Å²) < 4.78 is 5.70. The van der Waals surface area contributed by atoms with Gasteiger partial charge in [0.1, 0.15) is 0 Å². The first-order chi connectivity index (χ1) is 14.4. The van der Waals surface area contributed by atoms with Crippen LogP contribution in [0.2, 0.25) is 0 Å². The number of hydrogen-bond acceptors (Lipinski definition) is 9. The van der Waals surface area contributed by atoms with Gasteiger partial charge in [0.2, 0.25) is 11.0 Å². The van der Waals surface area contributed by atoms with Crippen LogP contribution in [0.5, 0.6) is 5.75 Å². The molecule has 0 atom stereocenters. The maximum Gasteiger partial charge on any atom is 0.311 e. The molecule has 1 amide bonds. The van der Waals surface area contributed by atoms with E-state index in [4.69, 9.17) is 4.74 Å². The molecule has 3 rings (SSSR count). The van der Waals surface area contributed by atoms with Crippen molar-refractivity contribution in [3.05, 3.63) is 57.6 Å². The van der Waals surface area contributed by atoms with Crippen LogP contribution < -0.4 is 15.4 Å². The summed E-state index contributed by atoms with van der Waals surface area (Å²) in [6, 6.07) is 10.7. The van der Waals surface area contributed by atoms with Crippen molar-refractivity contribution < 1.29 is 14.5 Å². The van der Waals surface area contributed by atoms with Gasteiger partial charge in [-0.3, -0.25) is 14.9 Å². The van der Waals surface area contributed by atoms with Gasteiger partial charge in [-0.05, 0) is 31.5 Å². The zero-order valence-corrected chi connectivity index (χ0v) is 18.1. The van der Waals surface area contributed by atoms with Gasteiger partial charge < -0.3 is 15.4 Å². The zero-order valence-electron chi connectivity index (χ0n) is 16.5. The van der Waals surface area contributed by atoms with Crippen molar-refractivity contribution in [3.8, 4) is 5.75 Å². The first-order valence-corrected chi connectivity index (χ1v) is 10.6. The highest BCUT2D eigenvalue weighted by atomic mass is 32.2. The summed E-state index contributed by atoms with van der Waals surface area (Å²) in [5, 5.41) is 25.8. The van der Waals surface area contributed by atoms with Crippen molar-refractivity contribution in [1.29, 1.82) is 0 Å². The van der Waals surface area contributed by atoms with Crippen molar-refractivity contribution >= 4 is 51.2 Å². The second kappa shape index (κ2) is 9.55. The molecule has 0 aliphatic rings. The minimum atomic E-state index is -0.523. The number of ether oxygens (including phenoxy) is 1. The van der Waals surface area contributed by atoms with E-state index in [1.807, 2.05) is 31.2 Å². The molecule has 3 aromatic rings. The number of hydrogen-bond donors (Lipinski definition) is 2. The molecule has 2 aromatic carbocycles. The lowest BCUT2D eigenvalue weighted by Gasteiger charge is -2.10. The largest absolute Gasteiger partial charge is 0.490 e. The van der Waals surface area contributed by atoms with E-state index in [1.54, 1.807) is 6.92 Å². The summed E-state index contributed by atoms with van der Waals surface area (Å²) in [6.07, 6.45) is 0. The summed E-state index contributed by atoms with van der Waals surface area (Å²) in [5.41, 5.74) is 2.96. The molecule has 1 heterocycles. The molecule has 0 aliphatic carbocycles. The third-order valence-electron chi connectivity index (χ3n) is 4.03. The molecule has 9 nitrogen and oxygen atoms in total. The van der Waals surface area contributed by atoms with E-state index in [1.165, 1.54) is 47.9 Å². The van der Waals surface area contributed by atoms with Crippen LogP contribution in [0.1, 0.15) is 11.1 Å². The minimum absolute atomic E-state index is 0.0875. The Hall–Kier alpha value is -3.18. The molecule has 1 aromatic heterocycles. The quantitative estimate of drug-likeness (QED) is 0.294. The van der Waals surface area contributed by atoms with Crippen molar-refractivity contribution in [3.63, 3.8) is 0 Å². The number of nitro groups is 1. The topological polar surface area (TPSA) is 119 Å². The first kappa shape index (κ1) is 21.5. The van der Waals surface area contributed by atoms with Gasteiger partial charge in [-0.15, -0.1) is 10.2 Å². The van der Waals surface area contributed by atoms with Crippen LogP contribution in [0.4, 0.5) is 22.2 Å². The van der Waals surface area contributed by atoms with Crippen molar-refractivity contribution in [1.82, 2.24) is 10.2 Å². The summed E-state index contributed by atoms with van der Waals surface area (Å²) >= 11 is 2.61. The summed E-state index contributed by atoms with van der Waals surface area (Å²) in [7, 11) is 1.34. The number of thioether (sulfide) groups is 1. The third-order valence-corrected chi connectivity index (χ3v) is 6.00. The van der Waals surface area contributed by atoms with Crippen LogP contribution in [-0.4, -0.2) is 33.9 Å². The average Bonchev–Trinajstić information content (AvgIpc) is 3.16. The second-order valence-electron chi connectivity index (χ2n) is 6.30. The highest BCUT2D eigenvalue weighted by molar-refractivity contribution is 8.01. The number of carbonyl (C=O) groups is 1. The Morgan fingerprint density at radius 1 is 1.23 bits per heavy atom. The molecule has 2 N–H and O–H groups in total. The first-order valence-electron chi connectivity index (χ1n) is 8.78. The van der Waals surface area contributed by atoms with Gasteiger partial charge in [0.05, 0.1) is 17.8 Å². The number of aryl methyl sites for hydroxylation is 2. The molecule has 30 heavy (non-hydrogen) atoms. The van der Waals surface area contributed by atoms with Crippen LogP contribution in [-0.2, 0) is 4.79 Å². The highest BCUT2D eigenvalue weighted by Crippen LogP contribution is 2.33. The molecule has 0 fully saturated rings. The predicted octanol–water partition coefficient (Wildman–Crippen LogP) is 4.55. The monoisotopic (exact) mass is 445 g/mol. The molecule has 11 heteroatoms. The number of amides is 1. The zero-order chi connectivity index (χ0) is 21.7. The summed E-state index contributed by atoms with van der Waals surface area (Å²) in [5.74, 6) is -0.0514. The fraction of sp³-hybridized carbons (Fsp3) is 0.211. The van der Waals surface area contributed by atoms with Crippen LogP contribution >= 0.6 is 23.1 Å². The minimum Gasteiger partial charge on any atom is -0.490 e. The molecule has 0 saturated carbocycles. The number of methoxy groups -OCH3 is 1. The number of carbonyl (C=O) groups excluding carboxylic acids is 1. The Bertz CT molecular complexity index is 1070. The molecular formula is C19H19N5O4S2. The Morgan fingerprint density at radius 2 is 1.97 bits per heavy atom. The van der Waals surface area contributed by atoms with E-state index in [-0.39, 0.29) is 23.1 Å². The van der Waals surface area contributed by atoms with E-state index in [0.717, 1.165) is 5.69 Å². The fourth-order valence-corrected chi connectivity index (χ4v) is 4.08. The van der Waals surface area contributed by atoms with Gasteiger partial charge >= 0.3 is 5.69 Å². The highest BCUT2D eigenvalue weighted by Gasteiger charge is 2.18. The Kier molecular flexibility index (Phi) is 6.85. The van der Waals surface area contributed by atoms with Gasteiger partial charge in [-0.25, -0.2) is 0 Å². The second-order valence-corrected chi connectivity index (χ2v) is 8.50. The number of nitro benzene ring substituents is 1. The van der Waals surface area contributed by atoms with Gasteiger partial charge in [0.25, 0.3) is 0 Å². The molecule has 0 saturated heterocycles. The average molecular weight is 446 g/mol. The van der Waals surface area contributed by atoms with E-state index in [9.17, 15) is 14.9 Å². The van der Waals surface area contributed by atoms with Crippen molar-refractivity contribution in [2.75, 3.05) is 23.5 Å². The number of anilines is 3. The Morgan fingerprint density at radius 3 is 2.63 bits per heavy atom. The fourth-order valence-electron chi connectivity index (χ4n) is 2.51. The molecular weight excluding hydrogens is 426 g/mol. The molecule has 0 spiro atoms. The number of nitrogens with zero attached hydrogens (tertiary/aromatic N) is 3. The number of rotatable bonds is 8. The van der Waals surface area contributed by atoms with Gasteiger partial charge in [-0.2, -0.15) is 0 Å². The smallest absolute Gasteiger partial charge is 0.311 e. The summed E-state index contributed by atoms with van der Waals surface area (Å²) in [4.78, 5) is 22.9. The van der Waals surface area contributed by atoms with E-state index >= 15 is 0 Å². The van der Waals surface area contributed by atoms with Crippen molar-refractivity contribution in [2.24, 2.45) is 0 Å². The molecule has 0 radical (unpaired) electrons. The molecule has 0 unspecified atom stereocenters. The maximum absolute atomic E-state index is 12.3. The van der Waals surface area contributed by atoms with Crippen molar-refractivity contribution in [2.45, 2.75) is 18.2 Å².